The minimum absolute atomic E-state index is 0.143. The van der Waals surface area contributed by atoms with Gasteiger partial charge in [0.25, 0.3) is 5.69 Å². The van der Waals surface area contributed by atoms with E-state index in [-0.39, 0.29) is 23.4 Å². The number of nitro benzene ring substituents is 1. The number of hydrogen-bond donors (Lipinski definition) is 2. The molecule has 1 saturated heterocycles. The molecule has 2 N–H and O–H groups in total. The highest BCUT2D eigenvalue weighted by molar-refractivity contribution is 7.14. The third-order valence-corrected chi connectivity index (χ3v) is 5.96. The molecule has 32 heavy (non-hydrogen) atoms. The van der Waals surface area contributed by atoms with E-state index in [0.717, 1.165) is 24.3 Å². The number of hydrogen-bond acceptors (Lipinski definition) is 8. The molecule has 164 valence electrons. The summed E-state index contributed by atoms with van der Waals surface area (Å²) in [4.78, 5) is 29.1. The summed E-state index contributed by atoms with van der Waals surface area (Å²) in [6.45, 7) is 2.17. The van der Waals surface area contributed by atoms with E-state index in [0.29, 0.717) is 5.13 Å². The average Bonchev–Trinajstić information content (AvgIpc) is 3.49. The SMILES string of the molecule is O=C(O)C(Cc1ccccc1[N+](=O)[O-])=NNc1nc(-c2ccc(N3CCCC3)cc2)cs1. The van der Waals surface area contributed by atoms with Gasteiger partial charge < -0.3 is 10.0 Å². The van der Waals surface area contributed by atoms with Gasteiger partial charge in [0, 0.05) is 47.8 Å². The molecule has 0 unspecified atom stereocenters. The number of thiazole rings is 1. The largest absolute Gasteiger partial charge is 0.477 e. The molecule has 1 aliphatic heterocycles. The first-order valence-electron chi connectivity index (χ1n) is 10.1. The number of nitrogens with zero attached hydrogens (tertiary/aromatic N) is 4. The Hall–Kier alpha value is -3.79. The monoisotopic (exact) mass is 451 g/mol. The molecule has 0 radical (unpaired) electrons. The highest BCUT2D eigenvalue weighted by Crippen LogP contribution is 2.28. The first kappa shape index (κ1) is 21.4. The quantitative estimate of drug-likeness (QED) is 0.295. The topological polar surface area (TPSA) is 121 Å². The van der Waals surface area contributed by atoms with Gasteiger partial charge in [-0.05, 0) is 25.0 Å². The number of aromatic nitrogens is 1. The summed E-state index contributed by atoms with van der Waals surface area (Å²) in [6, 6.07) is 14.2. The van der Waals surface area contributed by atoms with Crippen LogP contribution in [0.3, 0.4) is 0 Å². The number of benzene rings is 2. The third kappa shape index (κ3) is 4.92. The van der Waals surface area contributed by atoms with Gasteiger partial charge >= 0.3 is 5.97 Å². The van der Waals surface area contributed by atoms with Crippen molar-refractivity contribution in [1.82, 2.24) is 4.98 Å². The van der Waals surface area contributed by atoms with Crippen LogP contribution >= 0.6 is 11.3 Å². The summed E-state index contributed by atoms with van der Waals surface area (Å²) in [7, 11) is 0. The number of carboxylic acids is 1. The molecule has 0 atom stereocenters. The predicted octanol–water partition coefficient (Wildman–Crippen LogP) is 4.41. The lowest BCUT2D eigenvalue weighted by molar-refractivity contribution is -0.385. The van der Waals surface area contributed by atoms with Crippen LogP contribution in [0.25, 0.3) is 11.3 Å². The number of nitrogens with one attached hydrogen (secondary N) is 1. The number of hydrazone groups is 1. The van der Waals surface area contributed by atoms with Gasteiger partial charge in [0.2, 0.25) is 5.13 Å². The molecule has 1 aromatic heterocycles. The Balaban J connectivity index is 1.47. The number of anilines is 2. The van der Waals surface area contributed by atoms with E-state index >= 15 is 0 Å². The highest BCUT2D eigenvalue weighted by Gasteiger charge is 2.19. The Kier molecular flexibility index (Phi) is 6.41. The lowest BCUT2D eigenvalue weighted by Crippen LogP contribution is -2.18. The van der Waals surface area contributed by atoms with Crippen LogP contribution in [0.15, 0.2) is 59.0 Å². The van der Waals surface area contributed by atoms with E-state index in [4.69, 9.17) is 0 Å². The van der Waals surface area contributed by atoms with E-state index in [9.17, 15) is 20.0 Å². The lowest BCUT2D eigenvalue weighted by Gasteiger charge is -2.17. The Labute approximate surface area is 188 Å². The molecule has 0 saturated carbocycles. The maximum Gasteiger partial charge on any atom is 0.352 e. The van der Waals surface area contributed by atoms with Crippen molar-refractivity contribution in [1.29, 1.82) is 0 Å². The lowest BCUT2D eigenvalue weighted by atomic mass is 10.1. The van der Waals surface area contributed by atoms with Crippen molar-refractivity contribution < 1.29 is 14.8 Å². The van der Waals surface area contributed by atoms with Crippen molar-refractivity contribution in [2.75, 3.05) is 23.4 Å². The second-order valence-corrected chi connectivity index (χ2v) is 8.18. The number of para-hydroxylation sites is 1. The van der Waals surface area contributed by atoms with Gasteiger partial charge in [-0.2, -0.15) is 5.10 Å². The van der Waals surface area contributed by atoms with Crippen molar-refractivity contribution in [2.45, 2.75) is 19.3 Å². The molecule has 0 aliphatic carbocycles. The highest BCUT2D eigenvalue weighted by atomic mass is 32.1. The molecule has 2 heterocycles. The van der Waals surface area contributed by atoms with Crippen LogP contribution in [-0.2, 0) is 11.2 Å². The first-order chi connectivity index (χ1) is 15.5. The van der Waals surface area contributed by atoms with Crippen LogP contribution in [0.4, 0.5) is 16.5 Å². The number of carbonyl (C=O) groups is 1. The number of nitro groups is 1. The van der Waals surface area contributed by atoms with Gasteiger partial charge in [0.05, 0.1) is 10.6 Å². The van der Waals surface area contributed by atoms with Gasteiger partial charge in [0.15, 0.2) is 0 Å². The fourth-order valence-corrected chi connectivity index (χ4v) is 4.23. The summed E-state index contributed by atoms with van der Waals surface area (Å²) in [5.74, 6) is -1.26. The minimum atomic E-state index is -1.26. The number of aliphatic carboxylic acids is 1. The molecule has 1 aliphatic rings. The summed E-state index contributed by atoms with van der Waals surface area (Å²) in [5.41, 5.74) is 5.48. The van der Waals surface area contributed by atoms with Crippen LogP contribution in [0, 0.1) is 10.1 Å². The van der Waals surface area contributed by atoms with E-state index < -0.39 is 10.9 Å². The molecular weight excluding hydrogens is 430 g/mol. The number of carboxylic acid groups (broad SMARTS) is 1. The van der Waals surface area contributed by atoms with Gasteiger partial charge in [0.1, 0.15) is 5.71 Å². The number of rotatable bonds is 8. The van der Waals surface area contributed by atoms with E-state index in [1.54, 1.807) is 6.07 Å². The van der Waals surface area contributed by atoms with Gasteiger partial charge in [-0.1, -0.05) is 30.3 Å². The molecular formula is C22H21N5O4S. The van der Waals surface area contributed by atoms with Crippen molar-refractivity contribution in [3.05, 3.63) is 69.6 Å². The second kappa shape index (κ2) is 9.56. The molecule has 0 bridgehead atoms. The summed E-state index contributed by atoms with van der Waals surface area (Å²) >= 11 is 1.30. The summed E-state index contributed by atoms with van der Waals surface area (Å²) in [5, 5.41) is 26.9. The predicted molar refractivity (Wildman–Crippen MR) is 124 cm³/mol. The molecule has 9 nitrogen and oxygen atoms in total. The van der Waals surface area contributed by atoms with Crippen molar-refractivity contribution in [2.24, 2.45) is 5.10 Å². The van der Waals surface area contributed by atoms with Crippen molar-refractivity contribution in [3.63, 3.8) is 0 Å². The van der Waals surface area contributed by atoms with Crippen LogP contribution in [0.1, 0.15) is 18.4 Å². The standard InChI is InChI=1S/C22H21N5O4S/c28-21(29)18(13-16-5-1-2-6-20(16)27(30)31)24-25-22-23-19(14-32-22)15-7-9-17(10-8-15)26-11-3-4-12-26/h1-2,5-10,14H,3-4,11-13H2,(H,23,25)(H,28,29). The van der Waals surface area contributed by atoms with Crippen molar-refractivity contribution >= 4 is 39.5 Å². The maximum atomic E-state index is 11.6. The Morgan fingerprint density at radius 1 is 1.19 bits per heavy atom. The first-order valence-corrected chi connectivity index (χ1v) is 11.0. The summed E-state index contributed by atoms with van der Waals surface area (Å²) < 4.78 is 0. The van der Waals surface area contributed by atoms with E-state index in [2.05, 4.69) is 32.5 Å². The van der Waals surface area contributed by atoms with Gasteiger partial charge in [-0.15, -0.1) is 11.3 Å². The average molecular weight is 452 g/mol. The van der Waals surface area contributed by atoms with Crippen LogP contribution in [-0.4, -0.2) is 39.8 Å². The normalized spacial score (nSPS) is 13.9. The second-order valence-electron chi connectivity index (χ2n) is 7.32. The molecule has 0 amide bonds. The fraction of sp³-hybridized carbons (Fsp3) is 0.227. The molecule has 1 fully saturated rings. The minimum Gasteiger partial charge on any atom is -0.477 e. The van der Waals surface area contributed by atoms with Crippen LogP contribution in [0.5, 0.6) is 0 Å². The molecule has 0 spiro atoms. The van der Waals surface area contributed by atoms with Gasteiger partial charge in [-0.25, -0.2) is 9.78 Å². The van der Waals surface area contributed by atoms with E-state index in [1.165, 1.54) is 48.1 Å². The van der Waals surface area contributed by atoms with Crippen molar-refractivity contribution in [3.8, 4) is 11.3 Å². The van der Waals surface area contributed by atoms with E-state index in [1.807, 2.05) is 17.5 Å². The molecule has 2 aromatic carbocycles. The smallest absolute Gasteiger partial charge is 0.352 e. The summed E-state index contributed by atoms with van der Waals surface area (Å²) in [6.07, 6.45) is 2.26. The Morgan fingerprint density at radius 2 is 1.91 bits per heavy atom. The van der Waals surface area contributed by atoms with Gasteiger partial charge in [-0.3, -0.25) is 15.5 Å². The zero-order valence-corrected chi connectivity index (χ0v) is 17.9. The van der Waals surface area contributed by atoms with Crippen LogP contribution < -0.4 is 10.3 Å². The zero-order valence-electron chi connectivity index (χ0n) is 17.1. The Bertz CT molecular complexity index is 1150. The fourth-order valence-electron chi connectivity index (χ4n) is 3.57. The molecule has 4 rings (SSSR count). The zero-order chi connectivity index (χ0) is 22.5. The maximum absolute atomic E-state index is 11.6. The Morgan fingerprint density at radius 3 is 2.59 bits per heavy atom. The molecule has 3 aromatic rings. The third-order valence-electron chi connectivity index (χ3n) is 5.22. The molecule has 10 heteroatoms. The van der Waals surface area contributed by atoms with Crippen LogP contribution in [0.2, 0.25) is 0 Å².